The quantitative estimate of drug-likeness (QED) is 0.739. The van der Waals surface area contributed by atoms with Crippen LogP contribution in [0.1, 0.15) is 45.4 Å². The van der Waals surface area contributed by atoms with Crippen molar-refractivity contribution >= 4 is 11.8 Å². The van der Waals surface area contributed by atoms with Gasteiger partial charge in [-0.05, 0) is 45.6 Å². The molecule has 1 aliphatic carbocycles. The molecule has 2 heterocycles. The lowest BCUT2D eigenvalue weighted by atomic mass is 9.95. The van der Waals surface area contributed by atoms with Gasteiger partial charge in [-0.15, -0.1) is 0 Å². The maximum absolute atomic E-state index is 13.1. The standard InChI is InChI=1S/C17H29N3O2/c1-3-14-6-4-5-9-20(14)16(22)17(7-8-17)15(21)19-12-10-18(2)11-13-19/h14H,3-13H2,1-2H3. The highest BCUT2D eigenvalue weighted by Crippen LogP contribution is 2.49. The second-order valence-corrected chi connectivity index (χ2v) is 7.23. The predicted molar refractivity (Wildman–Crippen MR) is 85.4 cm³/mol. The molecule has 0 aromatic carbocycles. The molecule has 0 aromatic heterocycles. The average molecular weight is 307 g/mol. The van der Waals surface area contributed by atoms with E-state index in [1.165, 1.54) is 6.42 Å². The minimum atomic E-state index is -0.694. The number of carbonyl (C=O) groups excluding carboxylic acids is 2. The largest absolute Gasteiger partial charge is 0.339 e. The Balaban J connectivity index is 1.69. The van der Waals surface area contributed by atoms with Crippen molar-refractivity contribution in [1.29, 1.82) is 0 Å². The van der Waals surface area contributed by atoms with E-state index in [0.29, 0.717) is 6.04 Å². The van der Waals surface area contributed by atoms with Gasteiger partial charge in [0.15, 0.2) is 0 Å². The van der Waals surface area contributed by atoms with Crippen LogP contribution in [0.5, 0.6) is 0 Å². The molecule has 2 saturated heterocycles. The second-order valence-electron chi connectivity index (χ2n) is 7.23. The highest BCUT2D eigenvalue weighted by atomic mass is 16.2. The first kappa shape index (κ1) is 15.8. The molecule has 0 spiro atoms. The molecule has 1 saturated carbocycles. The molecule has 22 heavy (non-hydrogen) atoms. The summed E-state index contributed by atoms with van der Waals surface area (Å²) in [4.78, 5) is 32.2. The van der Waals surface area contributed by atoms with Crippen LogP contribution in [-0.4, -0.2) is 72.3 Å². The van der Waals surface area contributed by atoms with Crippen LogP contribution in [0.3, 0.4) is 0 Å². The molecule has 3 rings (SSSR count). The average Bonchev–Trinajstić information content (AvgIpc) is 3.36. The highest BCUT2D eigenvalue weighted by Gasteiger charge is 2.60. The van der Waals surface area contributed by atoms with E-state index in [2.05, 4.69) is 18.9 Å². The lowest BCUT2D eigenvalue weighted by Crippen LogP contribution is -2.54. The molecule has 0 aromatic rings. The molecule has 3 fully saturated rings. The minimum absolute atomic E-state index is 0.103. The fraction of sp³-hybridized carbons (Fsp3) is 0.882. The van der Waals surface area contributed by atoms with Crippen LogP contribution in [-0.2, 0) is 9.59 Å². The number of hydrogen-bond donors (Lipinski definition) is 0. The van der Waals surface area contributed by atoms with Gasteiger partial charge in [-0.3, -0.25) is 9.59 Å². The molecule has 5 heteroatoms. The first-order valence-corrected chi connectivity index (χ1v) is 8.87. The lowest BCUT2D eigenvalue weighted by Gasteiger charge is -2.39. The van der Waals surface area contributed by atoms with Crippen molar-refractivity contribution in [3.63, 3.8) is 0 Å². The van der Waals surface area contributed by atoms with Crippen LogP contribution in [0.4, 0.5) is 0 Å². The Morgan fingerprint density at radius 3 is 2.27 bits per heavy atom. The van der Waals surface area contributed by atoms with E-state index in [9.17, 15) is 9.59 Å². The second kappa shape index (κ2) is 6.19. The topological polar surface area (TPSA) is 43.9 Å². The zero-order valence-corrected chi connectivity index (χ0v) is 14.0. The molecule has 5 nitrogen and oxygen atoms in total. The molecule has 0 radical (unpaired) electrons. The van der Waals surface area contributed by atoms with Crippen LogP contribution in [0, 0.1) is 5.41 Å². The van der Waals surface area contributed by atoms with Crippen molar-refractivity contribution in [2.45, 2.75) is 51.5 Å². The number of hydrogen-bond acceptors (Lipinski definition) is 3. The van der Waals surface area contributed by atoms with E-state index >= 15 is 0 Å². The van der Waals surface area contributed by atoms with E-state index in [1.807, 2.05) is 9.80 Å². The van der Waals surface area contributed by atoms with Crippen molar-refractivity contribution in [2.24, 2.45) is 5.41 Å². The number of piperidine rings is 1. The molecule has 0 N–H and O–H groups in total. The monoisotopic (exact) mass is 307 g/mol. The van der Waals surface area contributed by atoms with E-state index < -0.39 is 5.41 Å². The molecule has 124 valence electrons. The highest BCUT2D eigenvalue weighted by molar-refractivity contribution is 6.08. The first-order valence-electron chi connectivity index (χ1n) is 8.87. The number of likely N-dealkylation sites (tertiary alicyclic amines) is 1. The summed E-state index contributed by atoms with van der Waals surface area (Å²) in [6, 6.07) is 0.346. The Hall–Kier alpha value is -1.10. The van der Waals surface area contributed by atoms with Gasteiger partial charge in [-0.2, -0.15) is 0 Å². The van der Waals surface area contributed by atoms with Crippen molar-refractivity contribution in [3.8, 4) is 0 Å². The summed E-state index contributed by atoms with van der Waals surface area (Å²) in [6.45, 7) is 6.35. The summed E-state index contributed by atoms with van der Waals surface area (Å²) < 4.78 is 0. The van der Waals surface area contributed by atoms with Gasteiger partial charge in [0.2, 0.25) is 11.8 Å². The molecule has 3 aliphatic rings. The van der Waals surface area contributed by atoms with Crippen LogP contribution < -0.4 is 0 Å². The van der Waals surface area contributed by atoms with Crippen molar-refractivity contribution in [3.05, 3.63) is 0 Å². The molecule has 2 amide bonds. The first-order chi connectivity index (χ1) is 10.6. The SMILES string of the molecule is CCC1CCCCN1C(=O)C1(C(=O)N2CCN(C)CC2)CC1. The maximum atomic E-state index is 13.1. The van der Waals surface area contributed by atoms with Crippen molar-refractivity contribution < 1.29 is 9.59 Å². The van der Waals surface area contributed by atoms with E-state index in [-0.39, 0.29) is 11.8 Å². The summed E-state index contributed by atoms with van der Waals surface area (Å²) in [5.41, 5.74) is -0.694. The smallest absolute Gasteiger partial charge is 0.238 e. The van der Waals surface area contributed by atoms with E-state index in [4.69, 9.17) is 0 Å². The molecule has 2 aliphatic heterocycles. The number of likely N-dealkylation sites (N-methyl/N-ethyl adjacent to an activating group) is 1. The summed E-state index contributed by atoms with van der Waals surface area (Å²) in [5, 5.41) is 0. The molecular formula is C17H29N3O2. The zero-order valence-electron chi connectivity index (χ0n) is 14.0. The minimum Gasteiger partial charge on any atom is -0.339 e. The maximum Gasteiger partial charge on any atom is 0.238 e. The van der Waals surface area contributed by atoms with Gasteiger partial charge in [0.05, 0.1) is 0 Å². The van der Waals surface area contributed by atoms with Gasteiger partial charge >= 0.3 is 0 Å². The molecule has 1 atom stereocenters. The summed E-state index contributed by atoms with van der Waals surface area (Å²) in [7, 11) is 2.08. The van der Waals surface area contributed by atoms with Gasteiger partial charge in [0.1, 0.15) is 5.41 Å². The van der Waals surface area contributed by atoms with Crippen molar-refractivity contribution in [1.82, 2.24) is 14.7 Å². The number of carbonyl (C=O) groups is 2. The van der Waals surface area contributed by atoms with Crippen LogP contribution in [0.2, 0.25) is 0 Å². The number of amides is 2. The Morgan fingerprint density at radius 2 is 1.68 bits per heavy atom. The Morgan fingerprint density at radius 1 is 1.00 bits per heavy atom. The van der Waals surface area contributed by atoms with Gasteiger partial charge < -0.3 is 14.7 Å². The number of rotatable bonds is 3. The van der Waals surface area contributed by atoms with Crippen LogP contribution in [0.25, 0.3) is 0 Å². The van der Waals surface area contributed by atoms with Crippen LogP contribution >= 0.6 is 0 Å². The van der Waals surface area contributed by atoms with Gasteiger partial charge in [-0.1, -0.05) is 6.92 Å². The van der Waals surface area contributed by atoms with Crippen LogP contribution in [0.15, 0.2) is 0 Å². The Kier molecular flexibility index (Phi) is 4.44. The fourth-order valence-electron chi connectivity index (χ4n) is 3.92. The zero-order chi connectivity index (χ0) is 15.7. The van der Waals surface area contributed by atoms with Gasteiger partial charge in [0, 0.05) is 38.8 Å². The summed E-state index contributed by atoms with van der Waals surface area (Å²) in [5.74, 6) is 0.231. The van der Waals surface area contributed by atoms with E-state index in [1.54, 1.807) is 0 Å². The third kappa shape index (κ3) is 2.75. The molecule has 1 unspecified atom stereocenters. The number of nitrogens with zero attached hydrogens (tertiary/aromatic N) is 3. The molecular weight excluding hydrogens is 278 g/mol. The third-order valence-corrected chi connectivity index (χ3v) is 5.72. The fourth-order valence-corrected chi connectivity index (χ4v) is 3.92. The third-order valence-electron chi connectivity index (χ3n) is 5.72. The van der Waals surface area contributed by atoms with Crippen molar-refractivity contribution in [2.75, 3.05) is 39.8 Å². The van der Waals surface area contributed by atoms with E-state index in [0.717, 1.165) is 64.8 Å². The lowest BCUT2D eigenvalue weighted by molar-refractivity contribution is -0.152. The summed E-state index contributed by atoms with van der Waals surface area (Å²) >= 11 is 0. The van der Waals surface area contributed by atoms with Gasteiger partial charge in [0.25, 0.3) is 0 Å². The summed E-state index contributed by atoms with van der Waals surface area (Å²) in [6.07, 6.45) is 5.90. The Labute approximate surface area is 133 Å². The Bertz CT molecular complexity index is 439. The number of piperazine rings is 1. The predicted octanol–water partition coefficient (Wildman–Crippen LogP) is 1.33. The molecule has 0 bridgehead atoms. The van der Waals surface area contributed by atoms with Gasteiger partial charge in [-0.25, -0.2) is 0 Å². The normalized spacial score (nSPS) is 28.5.